The Bertz CT molecular complexity index is 1130. The Balaban J connectivity index is 2.23. The third-order valence-corrected chi connectivity index (χ3v) is 4.82. The number of hydrogen-bond donors (Lipinski definition) is 4. The van der Waals surface area contributed by atoms with Crippen LogP contribution in [0.25, 0.3) is 0 Å². The number of rotatable bonds is 16. The predicted octanol–water partition coefficient (Wildman–Crippen LogP) is 1.22. The molecule has 0 aliphatic heterocycles. The van der Waals surface area contributed by atoms with Crippen LogP contribution in [-0.2, 0) is 19.2 Å². The monoisotopic (exact) mass is 518 g/mol. The molecule has 0 amide bonds. The van der Waals surface area contributed by atoms with Gasteiger partial charge in [0.2, 0.25) is 0 Å². The zero-order valence-corrected chi connectivity index (χ0v) is 19.8. The van der Waals surface area contributed by atoms with Crippen LogP contribution in [0.2, 0.25) is 0 Å². The minimum atomic E-state index is -1.27. The summed E-state index contributed by atoms with van der Waals surface area (Å²) in [6.45, 7) is -0.880. The first-order chi connectivity index (χ1) is 17.5. The minimum Gasteiger partial charge on any atom is -0.488 e. The van der Waals surface area contributed by atoms with Crippen molar-refractivity contribution < 1.29 is 53.9 Å². The van der Waals surface area contributed by atoms with Crippen molar-refractivity contribution in [3.05, 3.63) is 47.5 Å². The van der Waals surface area contributed by atoms with Crippen molar-refractivity contribution in [3.63, 3.8) is 0 Å². The molecule has 0 heterocycles. The summed E-state index contributed by atoms with van der Waals surface area (Å²) in [5, 5.41) is 36.7. The van der Waals surface area contributed by atoms with Crippen LogP contribution in [0, 0.1) is 6.92 Å². The summed E-state index contributed by atoms with van der Waals surface area (Å²) in [5.74, 6) is -4.73. The molecule has 198 valence electrons. The summed E-state index contributed by atoms with van der Waals surface area (Å²) >= 11 is 0. The fraction of sp³-hybridized carbons (Fsp3) is 0.292. The number of benzene rings is 2. The lowest BCUT2D eigenvalue weighted by Crippen LogP contribution is -2.35. The number of anilines is 2. The normalized spacial score (nSPS) is 10.3. The second-order valence-corrected chi connectivity index (χ2v) is 7.80. The number of carbonyl (C=O) groups is 5. The second-order valence-electron chi connectivity index (χ2n) is 7.80. The van der Waals surface area contributed by atoms with Gasteiger partial charge in [0.15, 0.2) is 0 Å². The van der Waals surface area contributed by atoms with Crippen LogP contribution < -0.4 is 19.3 Å². The molecule has 2 rings (SSSR count). The van der Waals surface area contributed by atoms with Gasteiger partial charge in [-0.15, -0.1) is 0 Å². The van der Waals surface area contributed by atoms with E-state index in [-0.39, 0.29) is 41.7 Å². The smallest absolute Gasteiger partial charge is 0.323 e. The molecule has 0 aromatic heterocycles. The van der Waals surface area contributed by atoms with E-state index in [1.165, 1.54) is 18.2 Å². The van der Waals surface area contributed by atoms with E-state index in [0.717, 1.165) is 15.4 Å². The first kappa shape index (κ1) is 28.4. The standard InChI is InChI=1S/C24H26N2O11/c1-15-2-4-17(25(10-21(28)29)11-22(30)31)19(8-15)36-6-7-37-20-9-16(14-27)3-5-18(20)26(12-23(32)33)13-24(34)35/h2-5,8-9,14H,6-7,10-13H2,1H3,(H,28,29)(H,30,31)(H,32,33)(H,34,35). The number of aryl methyl sites for hydroxylation is 1. The van der Waals surface area contributed by atoms with E-state index in [1.807, 2.05) is 0 Å². The van der Waals surface area contributed by atoms with E-state index in [1.54, 1.807) is 25.1 Å². The Labute approximate surface area is 211 Å². The van der Waals surface area contributed by atoms with Crippen LogP contribution in [0.3, 0.4) is 0 Å². The fourth-order valence-electron chi connectivity index (χ4n) is 3.39. The van der Waals surface area contributed by atoms with Crippen molar-refractivity contribution in [1.29, 1.82) is 0 Å². The van der Waals surface area contributed by atoms with Crippen molar-refractivity contribution >= 4 is 41.5 Å². The molecule has 0 spiro atoms. The third-order valence-electron chi connectivity index (χ3n) is 4.82. The number of ether oxygens (including phenoxy) is 2. The minimum absolute atomic E-state index is 0.0542. The molecule has 13 nitrogen and oxygen atoms in total. The topological polar surface area (TPSA) is 191 Å². The molecule has 0 radical (unpaired) electrons. The molecule has 37 heavy (non-hydrogen) atoms. The highest BCUT2D eigenvalue weighted by Crippen LogP contribution is 2.31. The van der Waals surface area contributed by atoms with Crippen LogP contribution in [0.4, 0.5) is 11.4 Å². The summed E-state index contributed by atoms with van der Waals surface area (Å²) < 4.78 is 11.4. The maximum Gasteiger partial charge on any atom is 0.323 e. The number of carbonyl (C=O) groups excluding carboxylic acids is 1. The van der Waals surface area contributed by atoms with Gasteiger partial charge in [-0.25, -0.2) is 0 Å². The Morgan fingerprint density at radius 1 is 0.703 bits per heavy atom. The quantitative estimate of drug-likeness (QED) is 0.183. The molecule has 0 saturated carbocycles. The molecule has 0 unspecified atom stereocenters. The highest BCUT2D eigenvalue weighted by atomic mass is 16.5. The summed E-state index contributed by atoms with van der Waals surface area (Å²) in [7, 11) is 0. The van der Waals surface area contributed by atoms with Crippen LogP contribution in [0.15, 0.2) is 36.4 Å². The van der Waals surface area contributed by atoms with Gasteiger partial charge in [-0.3, -0.25) is 24.0 Å². The molecule has 13 heteroatoms. The zero-order chi connectivity index (χ0) is 27.5. The van der Waals surface area contributed by atoms with Crippen LogP contribution in [-0.4, -0.2) is 90.0 Å². The summed E-state index contributed by atoms with van der Waals surface area (Å²) in [5.41, 5.74) is 1.36. The average Bonchev–Trinajstić information content (AvgIpc) is 2.79. The highest BCUT2D eigenvalue weighted by Gasteiger charge is 2.20. The van der Waals surface area contributed by atoms with E-state index < -0.39 is 50.1 Å². The van der Waals surface area contributed by atoms with Crippen molar-refractivity contribution in [2.45, 2.75) is 6.92 Å². The molecule has 0 aliphatic carbocycles. The van der Waals surface area contributed by atoms with E-state index in [4.69, 9.17) is 29.9 Å². The van der Waals surface area contributed by atoms with Crippen LogP contribution in [0.1, 0.15) is 15.9 Å². The third kappa shape index (κ3) is 9.05. The molecule has 0 fully saturated rings. The molecule has 4 N–H and O–H groups in total. The van der Waals surface area contributed by atoms with Gasteiger partial charge in [-0.2, -0.15) is 0 Å². The Morgan fingerprint density at radius 3 is 1.51 bits per heavy atom. The summed E-state index contributed by atoms with van der Waals surface area (Å²) in [4.78, 5) is 58.4. The number of hydrogen-bond acceptors (Lipinski definition) is 9. The number of nitrogens with zero attached hydrogens (tertiary/aromatic N) is 2. The maximum atomic E-state index is 11.2. The van der Waals surface area contributed by atoms with Crippen molar-refractivity contribution in [1.82, 2.24) is 0 Å². The van der Waals surface area contributed by atoms with Crippen LogP contribution >= 0.6 is 0 Å². The number of aldehydes is 1. The van der Waals surface area contributed by atoms with Gasteiger partial charge in [-0.05, 0) is 42.8 Å². The molecule has 0 saturated heterocycles. The van der Waals surface area contributed by atoms with E-state index in [0.29, 0.717) is 6.29 Å². The number of carboxylic acids is 4. The largest absolute Gasteiger partial charge is 0.488 e. The van der Waals surface area contributed by atoms with Crippen molar-refractivity contribution in [2.75, 3.05) is 49.2 Å². The summed E-state index contributed by atoms with van der Waals surface area (Å²) in [6.07, 6.45) is 0.546. The lowest BCUT2D eigenvalue weighted by atomic mass is 10.2. The van der Waals surface area contributed by atoms with E-state index in [9.17, 15) is 24.0 Å². The Kier molecular flexibility index (Phi) is 10.2. The van der Waals surface area contributed by atoms with E-state index >= 15 is 0 Å². The molecule has 2 aromatic rings. The molecular weight excluding hydrogens is 492 g/mol. The molecular formula is C24H26N2O11. The zero-order valence-electron chi connectivity index (χ0n) is 19.8. The average molecular weight is 518 g/mol. The van der Waals surface area contributed by atoms with Crippen LogP contribution in [0.5, 0.6) is 11.5 Å². The Hall–Kier alpha value is -4.81. The SMILES string of the molecule is Cc1ccc(N(CC(=O)O)CC(=O)O)c(OCCOc2cc(C=O)ccc2N(CC(=O)O)CC(=O)O)c1. The number of aliphatic carboxylic acids is 4. The predicted molar refractivity (Wildman–Crippen MR) is 129 cm³/mol. The van der Waals surface area contributed by atoms with Gasteiger partial charge in [0, 0.05) is 5.56 Å². The van der Waals surface area contributed by atoms with Gasteiger partial charge in [0.1, 0.15) is 57.2 Å². The van der Waals surface area contributed by atoms with Crippen molar-refractivity contribution in [3.8, 4) is 11.5 Å². The first-order valence-electron chi connectivity index (χ1n) is 10.8. The highest BCUT2D eigenvalue weighted by molar-refractivity contribution is 5.83. The van der Waals surface area contributed by atoms with E-state index in [2.05, 4.69) is 0 Å². The maximum absolute atomic E-state index is 11.2. The van der Waals surface area contributed by atoms with Gasteiger partial charge in [0.25, 0.3) is 0 Å². The lowest BCUT2D eigenvalue weighted by molar-refractivity contribution is -0.138. The first-order valence-corrected chi connectivity index (χ1v) is 10.8. The van der Waals surface area contributed by atoms with Gasteiger partial charge in [-0.1, -0.05) is 6.07 Å². The second kappa shape index (κ2) is 13.3. The molecule has 0 aliphatic rings. The Morgan fingerprint density at radius 2 is 1.11 bits per heavy atom. The van der Waals surface area contributed by atoms with Crippen molar-refractivity contribution in [2.24, 2.45) is 0 Å². The molecule has 0 atom stereocenters. The fourth-order valence-corrected chi connectivity index (χ4v) is 3.39. The number of carboxylic acid groups (broad SMARTS) is 4. The van der Waals surface area contributed by atoms with Gasteiger partial charge < -0.3 is 39.7 Å². The lowest BCUT2D eigenvalue weighted by Gasteiger charge is -2.25. The molecule has 2 aromatic carbocycles. The van der Waals surface area contributed by atoms with Gasteiger partial charge in [0.05, 0.1) is 11.4 Å². The summed E-state index contributed by atoms with van der Waals surface area (Å²) in [6, 6.07) is 8.91. The molecule has 0 bridgehead atoms. The van der Waals surface area contributed by atoms with Gasteiger partial charge >= 0.3 is 23.9 Å².